The van der Waals surface area contributed by atoms with E-state index in [1.54, 1.807) is 69.3 Å². The highest BCUT2D eigenvalue weighted by Crippen LogP contribution is 2.28. The Hall–Kier alpha value is -4.20. The molecule has 3 aromatic rings. The van der Waals surface area contributed by atoms with Gasteiger partial charge in [0.15, 0.2) is 5.92 Å². The van der Waals surface area contributed by atoms with Crippen LogP contribution >= 0.6 is 0 Å². The summed E-state index contributed by atoms with van der Waals surface area (Å²) in [5, 5.41) is 2.49. The van der Waals surface area contributed by atoms with Crippen molar-refractivity contribution in [2.24, 2.45) is 5.92 Å². The monoisotopic (exact) mass is 507 g/mol. The maximum Gasteiger partial charge on any atom is 0.408 e. The van der Waals surface area contributed by atoms with E-state index in [0.717, 1.165) is 0 Å². The number of alkyl carbamates (subject to hydrolysis) is 1. The summed E-state index contributed by atoms with van der Waals surface area (Å²) in [6.07, 6.45) is -0.933. The molecule has 0 aliphatic heterocycles. The fraction of sp³-hybridized carbons (Fsp3) is 0.276. The van der Waals surface area contributed by atoms with Gasteiger partial charge in [-0.3, -0.25) is 9.59 Å². The number of carbonyl (C=O) groups excluding carboxylic acids is 3. The van der Waals surface area contributed by atoms with Crippen LogP contribution < -0.4 is 5.32 Å². The Balaban J connectivity index is 1.93. The van der Waals surface area contributed by atoms with Crippen molar-refractivity contribution < 1.29 is 33.0 Å². The molecule has 3 aromatic carbocycles. The Morgan fingerprint density at radius 3 is 1.68 bits per heavy atom. The first kappa shape index (κ1) is 27.4. The zero-order chi connectivity index (χ0) is 26.8. The molecule has 0 heterocycles. The highest BCUT2D eigenvalue weighted by atomic mass is 19.1. The van der Waals surface area contributed by atoms with Crippen LogP contribution in [0.25, 0.3) is 0 Å². The number of ether oxygens (including phenoxy) is 3. The molecule has 0 aliphatic rings. The summed E-state index contributed by atoms with van der Waals surface area (Å²) < 4.78 is 31.1. The van der Waals surface area contributed by atoms with Crippen molar-refractivity contribution in [1.29, 1.82) is 0 Å². The number of benzene rings is 3. The van der Waals surface area contributed by atoms with E-state index in [2.05, 4.69) is 5.32 Å². The van der Waals surface area contributed by atoms with Gasteiger partial charge in [0.1, 0.15) is 24.6 Å². The van der Waals surface area contributed by atoms with E-state index >= 15 is 0 Å². The van der Waals surface area contributed by atoms with Gasteiger partial charge in [-0.05, 0) is 38.0 Å². The standard InChI is InChI=1S/C29H30FNO6/c1-29(2,3)37-28(34)31-25(22-16-10-11-17-23(22)30)24(26(32)35-18-20-12-6-4-7-13-20)27(33)36-19-21-14-8-5-9-15-21/h4-17,24-25H,18-19H2,1-3H3,(H,31,34)/t25-/m0/s1. The number of carbonyl (C=O) groups is 3. The summed E-state index contributed by atoms with van der Waals surface area (Å²) in [6.45, 7) is 4.72. The highest BCUT2D eigenvalue weighted by Gasteiger charge is 2.41. The van der Waals surface area contributed by atoms with E-state index in [-0.39, 0.29) is 18.8 Å². The van der Waals surface area contributed by atoms with Gasteiger partial charge < -0.3 is 19.5 Å². The molecule has 0 saturated heterocycles. The third-order valence-corrected chi connectivity index (χ3v) is 5.20. The van der Waals surface area contributed by atoms with Gasteiger partial charge in [0.25, 0.3) is 0 Å². The van der Waals surface area contributed by atoms with Crippen molar-refractivity contribution in [3.63, 3.8) is 0 Å². The average Bonchev–Trinajstić information content (AvgIpc) is 2.86. The summed E-state index contributed by atoms with van der Waals surface area (Å²) >= 11 is 0. The molecule has 0 spiro atoms. The van der Waals surface area contributed by atoms with Crippen molar-refractivity contribution in [3.8, 4) is 0 Å². The van der Waals surface area contributed by atoms with E-state index < -0.39 is 41.4 Å². The van der Waals surface area contributed by atoms with Gasteiger partial charge in [-0.1, -0.05) is 78.9 Å². The maximum atomic E-state index is 14.9. The van der Waals surface area contributed by atoms with Crippen LogP contribution in [0.15, 0.2) is 84.9 Å². The second kappa shape index (κ2) is 12.7. The van der Waals surface area contributed by atoms with Gasteiger partial charge in [0.05, 0.1) is 6.04 Å². The van der Waals surface area contributed by atoms with Crippen LogP contribution in [0.2, 0.25) is 0 Å². The lowest BCUT2D eigenvalue weighted by Gasteiger charge is -2.28. The van der Waals surface area contributed by atoms with Crippen LogP contribution in [-0.2, 0) is 37.0 Å². The first-order valence-corrected chi connectivity index (χ1v) is 11.8. The van der Waals surface area contributed by atoms with E-state index in [1.165, 1.54) is 24.3 Å². The number of rotatable bonds is 9. The Bertz CT molecular complexity index is 1140. The lowest BCUT2D eigenvalue weighted by molar-refractivity contribution is -0.165. The predicted octanol–water partition coefficient (Wildman–Crippen LogP) is 5.49. The minimum absolute atomic E-state index is 0.0910. The zero-order valence-corrected chi connectivity index (χ0v) is 21.0. The van der Waals surface area contributed by atoms with Gasteiger partial charge >= 0.3 is 18.0 Å². The number of hydrogen-bond acceptors (Lipinski definition) is 6. The van der Waals surface area contributed by atoms with Gasteiger partial charge in [0.2, 0.25) is 0 Å². The Morgan fingerprint density at radius 1 is 0.757 bits per heavy atom. The quantitative estimate of drug-likeness (QED) is 0.234. The molecule has 0 unspecified atom stereocenters. The molecule has 0 saturated carbocycles. The molecule has 0 fully saturated rings. The normalized spacial score (nSPS) is 11.9. The number of esters is 2. The first-order chi connectivity index (χ1) is 17.6. The highest BCUT2D eigenvalue weighted by molar-refractivity contribution is 5.96. The molecule has 0 bridgehead atoms. The van der Waals surface area contributed by atoms with Crippen LogP contribution in [-0.4, -0.2) is 23.6 Å². The van der Waals surface area contributed by atoms with Crippen LogP contribution in [0.4, 0.5) is 9.18 Å². The van der Waals surface area contributed by atoms with Crippen molar-refractivity contribution in [1.82, 2.24) is 5.32 Å². The molecule has 8 heteroatoms. The third-order valence-electron chi connectivity index (χ3n) is 5.20. The summed E-state index contributed by atoms with van der Waals surface area (Å²) in [4.78, 5) is 39.4. The second-order valence-electron chi connectivity index (χ2n) is 9.31. The topological polar surface area (TPSA) is 90.9 Å². The predicted molar refractivity (Wildman–Crippen MR) is 134 cm³/mol. The molecule has 0 aliphatic carbocycles. The van der Waals surface area contributed by atoms with Crippen molar-refractivity contribution >= 4 is 18.0 Å². The summed E-state index contributed by atoms with van der Waals surface area (Å²) in [7, 11) is 0. The zero-order valence-electron chi connectivity index (χ0n) is 21.0. The van der Waals surface area contributed by atoms with Crippen molar-refractivity contribution in [2.45, 2.75) is 45.6 Å². The molecule has 0 aromatic heterocycles. The Labute approximate surface area is 215 Å². The maximum absolute atomic E-state index is 14.9. The largest absolute Gasteiger partial charge is 0.460 e. The molecule has 194 valence electrons. The summed E-state index contributed by atoms with van der Waals surface area (Å²) in [5.41, 5.74) is 0.414. The molecular formula is C29H30FNO6. The van der Waals surface area contributed by atoms with E-state index in [4.69, 9.17) is 14.2 Å². The number of nitrogens with one attached hydrogen (secondary N) is 1. The average molecular weight is 508 g/mol. The van der Waals surface area contributed by atoms with Gasteiger partial charge in [-0.25, -0.2) is 9.18 Å². The smallest absolute Gasteiger partial charge is 0.408 e. The van der Waals surface area contributed by atoms with Gasteiger partial charge in [0, 0.05) is 5.56 Å². The summed E-state index contributed by atoms with van der Waals surface area (Å²) in [5.74, 6) is -4.39. The van der Waals surface area contributed by atoms with Gasteiger partial charge in [-0.2, -0.15) is 0 Å². The minimum Gasteiger partial charge on any atom is -0.460 e. The summed E-state index contributed by atoms with van der Waals surface area (Å²) in [6, 6.07) is 21.8. The molecule has 37 heavy (non-hydrogen) atoms. The van der Waals surface area contributed by atoms with Crippen LogP contribution in [0.3, 0.4) is 0 Å². The lowest BCUT2D eigenvalue weighted by Crippen LogP contribution is -2.44. The third kappa shape index (κ3) is 8.45. The fourth-order valence-electron chi connectivity index (χ4n) is 3.51. The lowest BCUT2D eigenvalue weighted by atomic mass is 9.92. The van der Waals surface area contributed by atoms with Crippen LogP contribution in [0, 0.1) is 11.7 Å². The van der Waals surface area contributed by atoms with Crippen molar-refractivity contribution in [2.75, 3.05) is 0 Å². The molecule has 0 radical (unpaired) electrons. The van der Waals surface area contributed by atoms with E-state index in [0.29, 0.717) is 11.1 Å². The van der Waals surface area contributed by atoms with E-state index in [1.807, 2.05) is 12.1 Å². The van der Waals surface area contributed by atoms with Gasteiger partial charge in [-0.15, -0.1) is 0 Å². The molecule has 1 amide bonds. The Morgan fingerprint density at radius 2 is 1.22 bits per heavy atom. The number of hydrogen-bond donors (Lipinski definition) is 1. The Kier molecular flexibility index (Phi) is 9.38. The molecule has 1 N–H and O–H groups in total. The van der Waals surface area contributed by atoms with Crippen LogP contribution in [0.5, 0.6) is 0 Å². The fourth-order valence-corrected chi connectivity index (χ4v) is 3.51. The van der Waals surface area contributed by atoms with Crippen molar-refractivity contribution in [3.05, 3.63) is 107 Å². The molecule has 1 atom stereocenters. The van der Waals surface area contributed by atoms with E-state index in [9.17, 15) is 18.8 Å². The molecular weight excluding hydrogens is 477 g/mol. The van der Waals surface area contributed by atoms with Crippen LogP contribution in [0.1, 0.15) is 43.5 Å². The number of amides is 1. The minimum atomic E-state index is -1.71. The number of halogens is 1. The second-order valence-corrected chi connectivity index (χ2v) is 9.31. The SMILES string of the molecule is CC(C)(C)OC(=O)N[C@@H](c1ccccc1F)C(C(=O)OCc1ccccc1)C(=O)OCc1ccccc1. The first-order valence-electron chi connectivity index (χ1n) is 11.8. The molecule has 3 rings (SSSR count). The molecule has 7 nitrogen and oxygen atoms in total.